The molecule has 2 rings (SSSR count). The molecule has 1 aliphatic heterocycles. The molecule has 1 aromatic rings. The summed E-state index contributed by atoms with van der Waals surface area (Å²) in [5.41, 5.74) is 2.00. The lowest BCUT2D eigenvalue weighted by Crippen LogP contribution is -2.46. The Bertz CT molecular complexity index is 549. The zero-order valence-corrected chi connectivity index (χ0v) is 12.8. The van der Waals surface area contributed by atoms with Crippen LogP contribution in [0.15, 0.2) is 28.1 Å². The predicted molar refractivity (Wildman–Crippen MR) is 77.3 cm³/mol. The molecule has 0 aliphatic carbocycles. The number of allylic oxidation sites excluding steroid dienone is 1. The van der Waals surface area contributed by atoms with E-state index in [4.69, 9.17) is 4.74 Å². The van der Waals surface area contributed by atoms with Crippen LogP contribution in [-0.2, 0) is 9.53 Å². The monoisotopic (exact) mass is 294 g/mol. The van der Waals surface area contributed by atoms with Gasteiger partial charge in [0, 0.05) is 12.7 Å². The number of carbonyl (C=O) groups is 2. The topological polar surface area (TPSA) is 58.6 Å². The molecule has 0 bridgehead atoms. The first-order chi connectivity index (χ1) is 9.41. The van der Waals surface area contributed by atoms with Crippen LogP contribution in [0.25, 0.3) is 0 Å². The summed E-state index contributed by atoms with van der Waals surface area (Å²) in [5, 5.41) is 6.68. The van der Waals surface area contributed by atoms with Gasteiger partial charge in [0.05, 0.1) is 17.7 Å². The molecule has 1 atom stereocenters. The van der Waals surface area contributed by atoms with Crippen LogP contribution in [0, 0.1) is 0 Å². The zero-order chi connectivity index (χ0) is 14.9. The zero-order valence-electron chi connectivity index (χ0n) is 12.0. The first kappa shape index (κ1) is 14.6. The third-order valence-corrected chi connectivity index (χ3v) is 3.89. The van der Waals surface area contributed by atoms with Crippen molar-refractivity contribution in [1.82, 2.24) is 10.2 Å². The number of urea groups is 1. The first-order valence-corrected chi connectivity index (χ1v) is 7.34. The summed E-state index contributed by atoms with van der Waals surface area (Å²) in [7, 11) is 1.64. The van der Waals surface area contributed by atoms with Gasteiger partial charge in [-0.15, -0.1) is 0 Å². The maximum atomic E-state index is 12.3. The molecule has 2 amide bonds. The Labute approximate surface area is 122 Å². The van der Waals surface area contributed by atoms with Crippen molar-refractivity contribution in [2.45, 2.75) is 32.9 Å². The summed E-state index contributed by atoms with van der Waals surface area (Å²) in [6.45, 7) is 5.37. The molecule has 0 spiro atoms. The second-order valence-corrected chi connectivity index (χ2v) is 5.73. The number of esters is 1. The first-order valence-electron chi connectivity index (χ1n) is 6.40. The minimum absolute atomic E-state index is 0.200. The summed E-state index contributed by atoms with van der Waals surface area (Å²) in [6.07, 6.45) is -0.200. The Kier molecular flexibility index (Phi) is 4.13. The summed E-state index contributed by atoms with van der Waals surface area (Å²) < 4.78 is 5.30. The highest BCUT2D eigenvalue weighted by atomic mass is 32.1. The Morgan fingerprint density at radius 2 is 2.20 bits per heavy atom. The number of thiophene rings is 1. The molecule has 108 valence electrons. The minimum Gasteiger partial charge on any atom is -0.459 e. The van der Waals surface area contributed by atoms with Crippen molar-refractivity contribution in [2.24, 2.45) is 0 Å². The molecule has 1 N–H and O–H groups in total. The van der Waals surface area contributed by atoms with Crippen molar-refractivity contribution >= 4 is 23.3 Å². The summed E-state index contributed by atoms with van der Waals surface area (Å²) >= 11 is 1.52. The Balaban J connectivity index is 2.44. The van der Waals surface area contributed by atoms with Gasteiger partial charge >= 0.3 is 12.0 Å². The molecular formula is C14H18N2O3S. The van der Waals surface area contributed by atoms with Crippen molar-refractivity contribution in [1.29, 1.82) is 0 Å². The molecule has 0 radical (unpaired) electrons. The van der Waals surface area contributed by atoms with Gasteiger partial charge in [0.15, 0.2) is 0 Å². The predicted octanol–water partition coefficient (Wildman–Crippen LogP) is 2.67. The third kappa shape index (κ3) is 2.70. The second kappa shape index (κ2) is 5.66. The summed E-state index contributed by atoms with van der Waals surface area (Å²) in [5.74, 6) is -0.388. The quantitative estimate of drug-likeness (QED) is 0.872. The van der Waals surface area contributed by atoms with Crippen LogP contribution in [-0.4, -0.2) is 30.1 Å². The van der Waals surface area contributed by atoms with Crippen LogP contribution < -0.4 is 5.32 Å². The van der Waals surface area contributed by atoms with Gasteiger partial charge in [-0.25, -0.2) is 9.59 Å². The Morgan fingerprint density at radius 3 is 2.75 bits per heavy atom. The van der Waals surface area contributed by atoms with Crippen molar-refractivity contribution < 1.29 is 14.3 Å². The molecular weight excluding hydrogens is 276 g/mol. The van der Waals surface area contributed by atoms with E-state index < -0.39 is 6.04 Å². The molecule has 0 saturated heterocycles. The number of ether oxygens (including phenoxy) is 1. The van der Waals surface area contributed by atoms with Gasteiger partial charge in [0.25, 0.3) is 0 Å². The van der Waals surface area contributed by atoms with Crippen LogP contribution in [0.2, 0.25) is 0 Å². The number of nitrogens with one attached hydrogen (secondary N) is 1. The molecule has 2 heterocycles. The second-order valence-electron chi connectivity index (χ2n) is 4.95. The van der Waals surface area contributed by atoms with Crippen LogP contribution in [0.4, 0.5) is 4.79 Å². The van der Waals surface area contributed by atoms with Crippen LogP contribution in [0.1, 0.15) is 32.4 Å². The highest BCUT2D eigenvalue weighted by Gasteiger charge is 2.35. The molecule has 5 nitrogen and oxygen atoms in total. The lowest BCUT2D eigenvalue weighted by molar-refractivity contribution is -0.143. The lowest BCUT2D eigenvalue weighted by atomic mass is 9.97. The molecule has 0 saturated carbocycles. The summed E-state index contributed by atoms with van der Waals surface area (Å²) in [4.78, 5) is 25.7. The molecule has 1 aromatic heterocycles. The average Bonchev–Trinajstić information content (AvgIpc) is 2.88. The fraction of sp³-hybridized carbons (Fsp3) is 0.429. The Morgan fingerprint density at radius 1 is 1.50 bits per heavy atom. The van der Waals surface area contributed by atoms with E-state index in [1.807, 2.05) is 16.8 Å². The van der Waals surface area contributed by atoms with Gasteiger partial charge in [0.2, 0.25) is 0 Å². The minimum atomic E-state index is -0.448. The molecule has 0 aromatic carbocycles. The fourth-order valence-electron chi connectivity index (χ4n) is 2.07. The Hall–Kier alpha value is -1.82. The highest BCUT2D eigenvalue weighted by Crippen LogP contribution is 2.31. The van der Waals surface area contributed by atoms with Crippen LogP contribution in [0.3, 0.4) is 0 Å². The van der Waals surface area contributed by atoms with E-state index in [9.17, 15) is 9.59 Å². The highest BCUT2D eigenvalue weighted by molar-refractivity contribution is 7.08. The number of carbonyl (C=O) groups excluding carboxylic acids is 2. The van der Waals surface area contributed by atoms with Gasteiger partial charge in [0.1, 0.15) is 0 Å². The average molecular weight is 294 g/mol. The van der Waals surface area contributed by atoms with E-state index >= 15 is 0 Å². The number of hydrogen-bond donors (Lipinski definition) is 1. The summed E-state index contributed by atoms with van der Waals surface area (Å²) in [6, 6.07) is 1.23. The van der Waals surface area contributed by atoms with Gasteiger partial charge < -0.3 is 15.0 Å². The number of amides is 2. The molecule has 6 heteroatoms. The number of rotatable bonds is 3. The van der Waals surface area contributed by atoms with Crippen molar-refractivity contribution in [3.8, 4) is 0 Å². The molecule has 0 fully saturated rings. The van der Waals surface area contributed by atoms with Gasteiger partial charge in [-0.1, -0.05) is 0 Å². The van der Waals surface area contributed by atoms with E-state index in [-0.39, 0.29) is 18.1 Å². The van der Waals surface area contributed by atoms with Crippen molar-refractivity contribution in [3.63, 3.8) is 0 Å². The third-order valence-electron chi connectivity index (χ3n) is 3.19. The maximum absolute atomic E-state index is 12.3. The van der Waals surface area contributed by atoms with E-state index in [0.717, 1.165) is 5.56 Å². The molecule has 0 unspecified atom stereocenters. The molecule has 1 aliphatic rings. The van der Waals surface area contributed by atoms with Crippen LogP contribution >= 0.6 is 11.3 Å². The lowest BCUT2D eigenvalue weighted by Gasteiger charge is -2.33. The van der Waals surface area contributed by atoms with Crippen LogP contribution in [0.5, 0.6) is 0 Å². The fourth-order valence-corrected chi connectivity index (χ4v) is 2.75. The van der Waals surface area contributed by atoms with Crippen molar-refractivity contribution in [3.05, 3.63) is 33.7 Å². The van der Waals surface area contributed by atoms with E-state index in [1.165, 1.54) is 16.2 Å². The van der Waals surface area contributed by atoms with E-state index in [0.29, 0.717) is 11.3 Å². The molecule has 20 heavy (non-hydrogen) atoms. The number of hydrogen-bond acceptors (Lipinski definition) is 4. The normalized spacial score (nSPS) is 19.4. The van der Waals surface area contributed by atoms with Gasteiger partial charge in [-0.05, 0) is 43.2 Å². The standard InChI is InChI=1S/C14H18N2O3S/c1-8(2)19-13(17)11-9(3)16(4)14(18)15-12(11)10-5-6-20-7-10/h5-8,12H,1-4H3,(H,15,18)/t12-/m0/s1. The van der Waals surface area contributed by atoms with Gasteiger partial charge in [-0.3, -0.25) is 0 Å². The van der Waals surface area contributed by atoms with Gasteiger partial charge in [-0.2, -0.15) is 11.3 Å². The van der Waals surface area contributed by atoms with E-state index in [1.54, 1.807) is 27.8 Å². The van der Waals surface area contributed by atoms with E-state index in [2.05, 4.69) is 5.32 Å². The maximum Gasteiger partial charge on any atom is 0.338 e. The van der Waals surface area contributed by atoms with Crippen molar-refractivity contribution in [2.75, 3.05) is 7.05 Å². The largest absolute Gasteiger partial charge is 0.459 e. The SMILES string of the molecule is CC1=C(C(=O)OC(C)C)[C@H](c2ccsc2)NC(=O)N1C. The smallest absolute Gasteiger partial charge is 0.338 e. The number of nitrogens with zero attached hydrogens (tertiary/aromatic N) is 1.